The maximum Gasteiger partial charge on any atom is 0.151 e. The summed E-state index contributed by atoms with van der Waals surface area (Å²) in [4.78, 5) is 1.62. The molecule has 4 heteroatoms. The van der Waals surface area contributed by atoms with Crippen LogP contribution in [0.4, 0.5) is 20.2 Å². The lowest BCUT2D eigenvalue weighted by molar-refractivity contribution is 0.575. The Bertz CT molecular complexity index is 299. The minimum atomic E-state index is -0.605. The quantitative estimate of drug-likeness (QED) is 0.759. The van der Waals surface area contributed by atoms with Crippen LogP contribution < -0.4 is 10.6 Å². The highest BCUT2D eigenvalue weighted by molar-refractivity contribution is 5.55. The van der Waals surface area contributed by atoms with Crippen LogP contribution in [0, 0.1) is 11.6 Å². The highest BCUT2D eigenvalue weighted by atomic mass is 19.1. The van der Waals surface area contributed by atoms with Gasteiger partial charge in [-0.25, -0.2) is 8.78 Å². The van der Waals surface area contributed by atoms with E-state index in [1.54, 1.807) is 4.90 Å². The summed E-state index contributed by atoms with van der Waals surface area (Å²) >= 11 is 0. The smallest absolute Gasteiger partial charge is 0.151 e. The fourth-order valence-corrected chi connectivity index (χ4v) is 1.43. The summed E-state index contributed by atoms with van der Waals surface area (Å²) in [6.45, 7) is 4.82. The van der Waals surface area contributed by atoms with Crippen molar-refractivity contribution in [2.75, 3.05) is 23.7 Å². The van der Waals surface area contributed by atoms with Crippen molar-refractivity contribution in [3.8, 4) is 0 Å². The molecule has 1 aromatic rings. The molecule has 0 atom stereocenters. The van der Waals surface area contributed by atoms with E-state index in [1.807, 2.05) is 13.8 Å². The first-order chi connectivity index (χ1) is 6.60. The minimum absolute atomic E-state index is 0.00389. The van der Waals surface area contributed by atoms with Crippen LogP contribution in [0.2, 0.25) is 0 Å². The van der Waals surface area contributed by atoms with E-state index in [-0.39, 0.29) is 11.4 Å². The second-order valence-electron chi connectivity index (χ2n) is 3.01. The molecule has 0 heterocycles. The zero-order valence-electron chi connectivity index (χ0n) is 8.35. The molecule has 14 heavy (non-hydrogen) atoms. The Balaban J connectivity index is 3.19. The molecule has 0 aromatic heterocycles. The number of nitrogens with zero attached hydrogens (tertiary/aromatic N) is 1. The summed E-state index contributed by atoms with van der Waals surface area (Å²) in [6.07, 6.45) is 0. The third kappa shape index (κ3) is 1.95. The van der Waals surface area contributed by atoms with Gasteiger partial charge in [-0.05, 0) is 26.0 Å². The van der Waals surface area contributed by atoms with Gasteiger partial charge < -0.3 is 10.6 Å². The van der Waals surface area contributed by atoms with Gasteiger partial charge in [0.25, 0.3) is 0 Å². The summed E-state index contributed by atoms with van der Waals surface area (Å²) in [5.74, 6) is -1.21. The molecule has 0 aliphatic carbocycles. The maximum absolute atomic E-state index is 13.4. The standard InChI is InChI=1S/C10H14F2N2/c1-3-14(4-2)10-8(11)5-7(13)6-9(10)12/h5-6H,3-4,13H2,1-2H3. The number of hydrogen-bond donors (Lipinski definition) is 1. The molecule has 0 fully saturated rings. The largest absolute Gasteiger partial charge is 0.399 e. The summed E-state index contributed by atoms with van der Waals surface area (Å²) < 4.78 is 26.7. The van der Waals surface area contributed by atoms with Crippen molar-refractivity contribution in [1.29, 1.82) is 0 Å². The molecule has 0 saturated heterocycles. The van der Waals surface area contributed by atoms with Crippen molar-refractivity contribution in [3.05, 3.63) is 23.8 Å². The van der Waals surface area contributed by atoms with Crippen LogP contribution >= 0.6 is 0 Å². The van der Waals surface area contributed by atoms with Crippen LogP contribution in [0.25, 0.3) is 0 Å². The van der Waals surface area contributed by atoms with E-state index < -0.39 is 11.6 Å². The Morgan fingerprint density at radius 2 is 1.57 bits per heavy atom. The molecule has 0 saturated carbocycles. The average Bonchev–Trinajstić information content (AvgIpc) is 2.10. The molecule has 0 unspecified atom stereocenters. The van der Waals surface area contributed by atoms with Gasteiger partial charge in [0.15, 0.2) is 11.6 Å². The highest BCUT2D eigenvalue weighted by Crippen LogP contribution is 2.25. The lowest BCUT2D eigenvalue weighted by Gasteiger charge is -2.22. The Morgan fingerprint density at radius 3 is 1.93 bits per heavy atom. The van der Waals surface area contributed by atoms with Crippen LogP contribution in [0.1, 0.15) is 13.8 Å². The van der Waals surface area contributed by atoms with Crippen LogP contribution in [-0.4, -0.2) is 13.1 Å². The molecule has 2 nitrogen and oxygen atoms in total. The van der Waals surface area contributed by atoms with Crippen molar-refractivity contribution < 1.29 is 8.78 Å². The molecule has 1 aromatic carbocycles. The normalized spacial score (nSPS) is 10.3. The predicted molar refractivity (Wildman–Crippen MR) is 54.3 cm³/mol. The minimum Gasteiger partial charge on any atom is -0.399 e. The van der Waals surface area contributed by atoms with Crippen LogP contribution in [0.5, 0.6) is 0 Å². The zero-order chi connectivity index (χ0) is 10.7. The Morgan fingerprint density at radius 1 is 1.14 bits per heavy atom. The van der Waals surface area contributed by atoms with Gasteiger partial charge in [0.1, 0.15) is 5.69 Å². The second kappa shape index (κ2) is 4.26. The van der Waals surface area contributed by atoms with E-state index in [2.05, 4.69) is 0 Å². The summed E-state index contributed by atoms with van der Waals surface area (Å²) in [5.41, 5.74) is 5.42. The van der Waals surface area contributed by atoms with E-state index in [0.29, 0.717) is 13.1 Å². The molecule has 1 rings (SSSR count). The second-order valence-corrected chi connectivity index (χ2v) is 3.01. The van der Waals surface area contributed by atoms with E-state index in [1.165, 1.54) is 0 Å². The first-order valence-electron chi connectivity index (χ1n) is 4.59. The van der Waals surface area contributed by atoms with Gasteiger partial charge in [0.2, 0.25) is 0 Å². The number of rotatable bonds is 3. The van der Waals surface area contributed by atoms with Gasteiger partial charge in [0.05, 0.1) is 0 Å². The molecular formula is C10H14F2N2. The van der Waals surface area contributed by atoms with E-state index >= 15 is 0 Å². The first kappa shape index (κ1) is 10.8. The lowest BCUT2D eigenvalue weighted by Crippen LogP contribution is -2.24. The molecule has 78 valence electrons. The molecule has 0 amide bonds. The van der Waals surface area contributed by atoms with Crippen LogP contribution in [0.3, 0.4) is 0 Å². The van der Waals surface area contributed by atoms with Crippen molar-refractivity contribution in [3.63, 3.8) is 0 Å². The van der Waals surface area contributed by atoms with Crippen molar-refractivity contribution in [1.82, 2.24) is 0 Å². The van der Waals surface area contributed by atoms with Gasteiger partial charge in [-0.3, -0.25) is 0 Å². The summed E-state index contributed by atoms with van der Waals surface area (Å²) in [5, 5.41) is 0. The SMILES string of the molecule is CCN(CC)c1c(F)cc(N)cc1F. The van der Waals surface area contributed by atoms with Gasteiger partial charge >= 0.3 is 0 Å². The number of nitrogens with two attached hydrogens (primary N) is 1. The third-order valence-corrected chi connectivity index (χ3v) is 2.12. The van der Waals surface area contributed by atoms with E-state index in [0.717, 1.165) is 12.1 Å². The molecule has 0 aliphatic rings. The van der Waals surface area contributed by atoms with Crippen molar-refractivity contribution >= 4 is 11.4 Å². The summed E-state index contributed by atoms with van der Waals surface area (Å²) in [6, 6.07) is 2.27. The van der Waals surface area contributed by atoms with Crippen LogP contribution in [0.15, 0.2) is 12.1 Å². The molecule has 0 radical (unpaired) electrons. The predicted octanol–water partition coefficient (Wildman–Crippen LogP) is 2.39. The molecule has 2 N–H and O–H groups in total. The Kier molecular flexibility index (Phi) is 3.28. The van der Waals surface area contributed by atoms with Gasteiger partial charge in [-0.1, -0.05) is 0 Å². The maximum atomic E-state index is 13.4. The van der Waals surface area contributed by atoms with E-state index in [9.17, 15) is 8.78 Å². The van der Waals surface area contributed by atoms with Gasteiger partial charge in [0, 0.05) is 18.8 Å². The fourth-order valence-electron chi connectivity index (χ4n) is 1.43. The number of anilines is 2. The fraction of sp³-hybridized carbons (Fsp3) is 0.400. The monoisotopic (exact) mass is 200 g/mol. The number of halogens is 2. The van der Waals surface area contributed by atoms with Crippen LogP contribution in [-0.2, 0) is 0 Å². The van der Waals surface area contributed by atoms with Gasteiger partial charge in [-0.2, -0.15) is 0 Å². The Labute approximate surface area is 82.3 Å². The first-order valence-corrected chi connectivity index (χ1v) is 4.59. The molecule has 0 bridgehead atoms. The topological polar surface area (TPSA) is 29.3 Å². The van der Waals surface area contributed by atoms with Crippen molar-refractivity contribution in [2.24, 2.45) is 0 Å². The zero-order valence-corrected chi connectivity index (χ0v) is 8.35. The number of benzene rings is 1. The van der Waals surface area contributed by atoms with E-state index in [4.69, 9.17) is 5.73 Å². The lowest BCUT2D eigenvalue weighted by atomic mass is 10.2. The third-order valence-electron chi connectivity index (χ3n) is 2.12. The average molecular weight is 200 g/mol. The van der Waals surface area contributed by atoms with Gasteiger partial charge in [-0.15, -0.1) is 0 Å². The number of hydrogen-bond acceptors (Lipinski definition) is 2. The molecular weight excluding hydrogens is 186 g/mol. The highest BCUT2D eigenvalue weighted by Gasteiger charge is 2.14. The Hall–Kier alpha value is -1.32. The van der Waals surface area contributed by atoms with Crippen molar-refractivity contribution in [2.45, 2.75) is 13.8 Å². The molecule has 0 aliphatic heterocycles. The summed E-state index contributed by atoms with van der Waals surface area (Å²) in [7, 11) is 0. The number of nitrogen functional groups attached to an aromatic ring is 1. The molecule has 0 spiro atoms.